The van der Waals surface area contributed by atoms with Crippen molar-refractivity contribution < 1.29 is 45.1 Å². The van der Waals surface area contributed by atoms with Crippen LogP contribution < -0.4 is 5.32 Å². The lowest BCUT2D eigenvalue weighted by Gasteiger charge is -2.27. The van der Waals surface area contributed by atoms with Crippen LogP contribution in [-0.2, 0) is 4.79 Å². The SMILES string of the molecule is CN1C(=O)c2ccc(NC(=O)C(F)(F)C(F)(F)C(F)(F)F)cc2C1=O. The highest BCUT2D eigenvalue weighted by Gasteiger charge is 2.76. The normalized spacial score (nSPS) is 15.4. The number of nitrogens with one attached hydrogen (secondary N) is 1. The van der Waals surface area contributed by atoms with Crippen molar-refractivity contribution in [2.24, 2.45) is 0 Å². The molecular formula is C13H7F7N2O3. The highest BCUT2D eigenvalue weighted by Crippen LogP contribution is 2.46. The third-order valence-corrected chi connectivity index (χ3v) is 3.38. The minimum atomic E-state index is -6.66. The molecule has 25 heavy (non-hydrogen) atoms. The van der Waals surface area contributed by atoms with Crippen LogP contribution in [-0.4, -0.2) is 47.7 Å². The topological polar surface area (TPSA) is 66.5 Å². The fourth-order valence-electron chi connectivity index (χ4n) is 1.97. The zero-order chi connectivity index (χ0) is 19.4. The van der Waals surface area contributed by atoms with Crippen LogP contribution in [0.4, 0.5) is 36.4 Å². The summed E-state index contributed by atoms with van der Waals surface area (Å²) in [5.74, 6) is -17.2. The van der Waals surface area contributed by atoms with E-state index in [-0.39, 0.29) is 11.1 Å². The lowest BCUT2D eigenvalue weighted by atomic mass is 10.1. The molecule has 12 heteroatoms. The average molecular weight is 372 g/mol. The van der Waals surface area contributed by atoms with E-state index in [0.717, 1.165) is 25.2 Å². The van der Waals surface area contributed by atoms with E-state index in [1.165, 1.54) is 5.32 Å². The van der Waals surface area contributed by atoms with E-state index in [4.69, 9.17) is 0 Å². The van der Waals surface area contributed by atoms with Gasteiger partial charge in [0.1, 0.15) is 0 Å². The number of rotatable bonds is 3. The van der Waals surface area contributed by atoms with Gasteiger partial charge < -0.3 is 5.32 Å². The van der Waals surface area contributed by atoms with Gasteiger partial charge in [-0.05, 0) is 18.2 Å². The molecule has 0 saturated carbocycles. The van der Waals surface area contributed by atoms with Crippen molar-refractivity contribution >= 4 is 23.4 Å². The van der Waals surface area contributed by atoms with Crippen LogP contribution in [0.1, 0.15) is 20.7 Å². The summed E-state index contributed by atoms with van der Waals surface area (Å²) < 4.78 is 88.2. The quantitative estimate of drug-likeness (QED) is 0.656. The molecule has 5 nitrogen and oxygen atoms in total. The Morgan fingerprint density at radius 3 is 2.00 bits per heavy atom. The number of hydrogen-bond acceptors (Lipinski definition) is 3. The molecule has 0 aliphatic carbocycles. The first-order chi connectivity index (χ1) is 11.2. The van der Waals surface area contributed by atoms with E-state index >= 15 is 0 Å². The Kier molecular flexibility index (Phi) is 4.05. The zero-order valence-electron chi connectivity index (χ0n) is 12.0. The van der Waals surface area contributed by atoms with Gasteiger partial charge in [0.25, 0.3) is 11.8 Å². The van der Waals surface area contributed by atoms with Gasteiger partial charge in [0.2, 0.25) is 0 Å². The summed E-state index contributed by atoms with van der Waals surface area (Å²) in [6, 6.07) is 2.47. The highest BCUT2D eigenvalue weighted by atomic mass is 19.4. The molecule has 0 spiro atoms. The number of fused-ring (bicyclic) bond motifs is 1. The van der Waals surface area contributed by atoms with Crippen LogP contribution in [0.2, 0.25) is 0 Å². The molecule has 1 N–H and O–H groups in total. The molecule has 0 radical (unpaired) electrons. The molecule has 136 valence electrons. The molecule has 3 amide bonds. The number of hydrogen-bond donors (Lipinski definition) is 1. The summed E-state index contributed by atoms with van der Waals surface area (Å²) >= 11 is 0. The van der Waals surface area contributed by atoms with E-state index in [1.807, 2.05) is 0 Å². The van der Waals surface area contributed by atoms with Gasteiger partial charge in [-0.3, -0.25) is 19.3 Å². The van der Waals surface area contributed by atoms with Crippen LogP contribution in [0, 0.1) is 0 Å². The lowest BCUT2D eigenvalue weighted by molar-refractivity contribution is -0.343. The predicted molar refractivity (Wildman–Crippen MR) is 67.4 cm³/mol. The Hall–Kier alpha value is -2.66. The summed E-state index contributed by atoms with van der Waals surface area (Å²) in [7, 11) is 1.11. The molecule has 0 atom stereocenters. The third-order valence-electron chi connectivity index (χ3n) is 3.38. The Morgan fingerprint density at radius 2 is 1.48 bits per heavy atom. The van der Waals surface area contributed by atoms with Crippen LogP contribution in [0.3, 0.4) is 0 Å². The Labute approximate surface area is 134 Å². The molecule has 0 bridgehead atoms. The Morgan fingerprint density at radius 1 is 0.960 bits per heavy atom. The number of nitrogens with zero attached hydrogens (tertiary/aromatic N) is 1. The molecule has 1 aromatic carbocycles. The maximum atomic E-state index is 13.2. The van der Waals surface area contributed by atoms with Crippen LogP contribution in [0.25, 0.3) is 0 Å². The fourth-order valence-corrected chi connectivity index (χ4v) is 1.97. The second-order valence-corrected chi connectivity index (χ2v) is 5.03. The minimum Gasteiger partial charge on any atom is -0.321 e. The van der Waals surface area contributed by atoms with Crippen molar-refractivity contribution in [2.45, 2.75) is 18.0 Å². The molecule has 0 unspecified atom stereocenters. The van der Waals surface area contributed by atoms with Gasteiger partial charge in [-0.15, -0.1) is 0 Å². The molecule has 0 saturated heterocycles. The van der Waals surface area contributed by atoms with Gasteiger partial charge in [-0.1, -0.05) is 0 Å². The van der Waals surface area contributed by atoms with Crippen LogP contribution in [0.5, 0.6) is 0 Å². The average Bonchev–Trinajstić information content (AvgIpc) is 2.70. The first-order valence-corrected chi connectivity index (χ1v) is 6.32. The zero-order valence-corrected chi connectivity index (χ0v) is 12.0. The maximum absolute atomic E-state index is 13.2. The second kappa shape index (κ2) is 5.43. The summed E-state index contributed by atoms with van der Waals surface area (Å²) in [5, 5.41) is 1.19. The first kappa shape index (κ1) is 18.7. The smallest absolute Gasteiger partial charge is 0.321 e. The molecule has 1 aliphatic rings. The van der Waals surface area contributed by atoms with E-state index in [0.29, 0.717) is 4.90 Å². The fraction of sp³-hybridized carbons (Fsp3) is 0.308. The van der Waals surface area contributed by atoms with Gasteiger partial charge in [-0.25, -0.2) is 0 Å². The number of carbonyl (C=O) groups excluding carboxylic acids is 3. The lowest BCUT2D eigenvalue weighted by Crippen LogP contribution is -2.57. The van der Waals surface area contributed by atoms with Gasteiger partial charge in [-0.2, -0.15) is 30.7 Å². The van der Waals surface area contributed by atoms with Gasteiger partial charge in [0.05, 0.1) is 11.1 Å². The van der Waals surface area contributed by atoms with Crippen molar-refractivity contribution in [1.82, 2.24) is 4.90 Å². The van der Waals surface area contributed by atoms with Crippen molar-refractivity contribution in [1.29, 1.82) is 0 Å². The first-order valence-electron chi connectivity index (χ1n) is 6.32. The minimum absolute atomic E-state index is 0.141. The Bertz CT molecular complexity index is 773. The molecule has 2 rings (SSSR count). The number of imide groups is 1. The summed E-state index contributed by atoms with van der Waals surface area (Å²) in [4.78, 5) is 35.2. The number of anilines is 1. The standard InChI is InChI=1S/C13H7F7N2O3/c1-22-8(23)6-3-2-5(4-7(6)9(22)24)21-10(25)11(14,15)12(16,17)13(18,19)20/h2-4H,1H3,(H,21,25). The summed E-state index contributed by atoms with van der Waals surface area (Å²) in [6.07, 6.45) is -6.66. The number of benzene rings is 1. The van der Waals surface area contributed by atoms with Crippen molar-refractivity contribution in [3.05, 3.63) is 29.3 Å². The molecular weight excluding hydrogens is 365 g/mol. The second-order valence-electron chi connectivity index (χ2n) is 5.03. The molecule has 0 aromatic heterocycles. The predicted octanol–water partition coefficient (Wildman–Crippen LogP) is 2.68. The van der Waals surface area contributed by atoms with Crippen molar-refractivity contribution in [2.75, 3.05) is 12.4 Å². The monoisotopic (exact) mass is 372 g/mol. The maximum Gasteiger partial charge on any atom is 0.460 e. The van der Waals surface area contributed by atoms with E-state index in [9.17, 15) is 45.1 Å². The molecule has 1 aliphatic heterocycles. The number of alkyl halides is 7. The van der Waals surface area contributed by atoms with Crippen LogP contribution in [0.15, 0.2) is 18.2 Å². The van der Waals surface area contributed by atoms with Crippen molar-refractivity contribution in [3.63, 3.8) is 0 Å². The number of halogens is 7. The molecule has 1 aromatic rings. The molecule has 1 heterocycles. The summed E-state index contributed by atoms with van der Waals surface area (Å²) in [5.41, 5.74) is -1.12. The van der Waals surface area contributed by atoms with Crippen LogP contribution >= 0.6 is 0 Å². The Balaban J connectivity index is 2.31. The van der Waals surface area contributed by atoms with Gasteiger partial charge in [0.15, 0.2) is 0 Å². The number of carbonyl (C=O) groups is 3. The highest BCUT2D eigenvalue weighted by molar-refractivity contribution is 6.21. The van der Waals surface area contributed by atoms with Gasteiger partial charge in [0, 0.05) is 12.7 Å². The van der Waals surface area contributed by atoms with Crippen molar-refractivity contribution in [3.8, 4) is 0 Å². The third kappa shape index (κ3) is 2.70. The van der Waals surface area contributed by atoms with Gasteiger partial charge >= 0.3 is 23.9 Å². The molecule has 0 fully saturated rings. The summed E-state index contributed by atoms with van der Waals surface area (Å²) in [6.45, 7) is 0. The number of amides is 3. The van der Waals surface area contributed by atoms with E-state index in [1.54, 1.807) is 0 Å². The van der Waals surface area contributed by atoms with E-state index < -0.39 is 41.4 Å². The largest absolute Gasteiger partial charge is 0.460 e. The van der Waals surface area contributed by atoms with E-state index in [2.05, 4.69) is 0 Å².